The van der Waals surface area contributed by atoms with Crippen molar-refractivity contribution in [3.8, 4) is 33.8 Å². The minimum Gasteiger partial charge on any atom is -0.507 e. The Labute approximate surface area is 205 Å². The van der Waals surface area contributed by atoms with Gasteiger partial charge in [0.25, 0.3) is 5.91 Å². The second-order valence-corrected chi connectivity index (χ2v) is 8.17. The zero-order chi connectivity index (χ0) is 25.0. The summed E-state index contributed by atoms with van der Waals surface area (Å²) in [7, 11) is 0. The highest BCUT2D eigenvalue weighted by Crippen LogP contribution is 2.29. The molecule has 9 heteroatoms. The lowest BCUT2D eigenvalue weighted by Gasteiger charge is -2.06. The van der Waals surface area contributed by atoms with E-state index in [1.165, 1.54) is 42.5 Å². The van der Waals surface area contributed by atoms with Gasteiger partial charge in [0.2, 0.25) is 0 Å². The lowest BCUT2D eigenvalue weighted by molar-refractivity contribution is 0.0997. The molecule has 34 heavy (non-hydrogen) atoms. The number of hydrogen-bond acceptors (Lipinski definition) is 3. The molecular formula is C25H16F4INO3. The van der Waals surface area contributed by atoms with E-state index in [1.54, 1.807) is 12.1 Å². The quantitative estimate of drug-likeness (QED) is 0.194. The van der Waals surface area contributed by atoms with E-state index in [9.17, 15) is 32.6 Å². The predicted molar refractivity (Wildman–Crippen MR) is 128 cm³/mol. The molecule has 0 bridgehead atoms. The first-order valence-corrected chi connectivity index (χ1v) is 10.7. The number of primary amides is 1. The van der Waals surface area contributed by atoms with E-state index in [4.69, 9.17) is 5.73 Å². The van der Waals surface area contributed by atoms with Crippen molar-refractivity contribution in [2.75, 3.05) is 0 Å². The molecule has 0 aliphatic rings. The lowest BCUT2D eigenvalue weighted by atomic mass is 10.0. The molecular weight excluding hydrogens is 565 g/mol. The molecule has 0 aliphatic carbocycles. The Hall–Kier alpha value is -3.60. The summed E-state index contributed by atoms with van der Waals surface area (Å²) >= 11 is 1.95. The number of rotatable bonds is 3. The number of benzene rings is 4. The first-order chi connectivity index (χ1) is 16.1. The zero-order valence-corrected chi connectivity index (χ0v) is 19.4. The number of aromatic hydroxyl groups is 2. The summed E-state index contributed by atoms with van der Waals surface area (Å²) in [4.78, 5) is 11.1. The Morgan fingerprint density at radius 3 is 1.59 bits per heavy atom. The molecule has 4 aromatic carbocycles. The van der Waals surface area contributed by atoms with Crippen LogP contribution in [0.4, 0.5) is 17.6 Å². The molecule has 4 aromatic rings. The third kappa shape index (κ3) is 5.84. The molecule has 4 rings (SSSR count). The van der Waals surface area contributed by atoms with E-state index in [1.807, 2.05) is 22.6 Å². The molecule has 0 aliphatic heterocycles. The Kier molecular flexibility index (Phi) is 7.77. The van der Waals surface area contributed by atoms with Gasteiger partial charge in [-0.15, -0.1) is 0 Å². The van der Waals surface area contributed by atoms with Crippen molar-refractivity contribution in [3.05, 3.63) is 105 Å². The Bertz CT molecular complexity index is 1380. The third-order valence-electron chi connectivity index (χ3n) is 4.69. The van der Waals surface area contributed by atoms with Gasteiger partial charge >= 0.3 is 0 Å². The van der Waals surface area contributed by atoms with Crippen LogP contribution in [0.1, 0.15) is 10.4 Å². The van der Waals surface area contributed by atoms with Crippen LogP contribution >= 0.6 is 22.6 Å². The monoisotopic (exact) mass is 581 g/mol. The molecule has 0 saturated heterocycles. The molecule has 0 heterocycles. The van der Waals surface area contributed by atoms with Gasteiger partial charge < -0.3 is 15.9 Å². The minimum absolute atomic E-state index is 0.115. The van der Waals surface area contributed by atoms with Crippen molar-refractivity contribution in [1.29, 1.82) is 0 Å². The molecule has 0 atom stereocenters. The molecule has 174 valence electrons. The van der Waals surface area contributed by atoms with Crippen molar-refractivity contribution < 1.29 is 32.6 Å². The van der Waals surface area contributed by atoms with Crippen LogP contribution < -0.4 is 5.73 Å². The highest BCUT2D eigenvalue weighted by molar-refractivity contribution is 14.1. The van der Waals surface area contributed by atoms with Crippen LogP contribution in [0, 0.1) is 26.8 Å². The van der Waals surface area contributed by atoms with E-state index >= 15 is 0 Å². The first kappa shape index (κ1) is 25.0. The smallest absolute Gasteiger partial charge is 0.252 e. The van der Waals surface area contributed by atoms with Crippen LogP contribution in [-0.2, 0) is 0 Å². The average Bonchev–Trinajstić information content (AvgIpc) is 2.77. The van der Waals surface area contributed by atoms with Crippen LogP contribution in [0.2, 0.25) is 0 Å². The molecule has 0 aromatic heterocycles. The molecule has 1 amide bonds. The summed E-state index contributed by atoms with van der Waals surface area (Å²) in [5.41, 5.74) is 6.34. The fraction of sp³-hybridized carbons (Fsp3) is 0. The second kappa shape index (κ2) is 10.6. The molecule has 0 radical (unpaired) electrons. The summed E-state index contributed by atoms with van der Waals surface area (Å²) in [6.07, 6.45) is 0. The lowest BCUT2D eigenvalue weighted by Crippen LogP contribution is -2.11. The van der Waals surface area contributed by atoms with Crippen LogP contribution in [-0.4, -0.2) is 16.1 Å². The summed E-state index contributed by atoms with van der Waals surface area (Å²) < 4.78 is 53.1. The summed E-state index contributed by atoms with van der Waals surface area (Å²) in [6.45, 7) is 0. The Morgan fingerprint density at radius 2 is 1.15 bits per heavy atom. The van der Waals surface area contributed by atoms with Crippen molar-refractivity contribution in [3.63, 3.8) is 0 Å². The topological polar surface area (TPSA) is 83.6 Å². The SMILES string of the molecule is NC(=O)c1cc(-c2ccc(F)cc2F)ccc1O.Oc1ccc(-c2ccc(F)cc2F)cc1I. The van der Waals surface area contributed by atoms with Crippen molar-refractivity contribution in [1.82, 2.24) is 0 Å². The number of amides is 1. The van der Waals surface area contributed by atoms with Crippen LogP contribution in [0.5, 0.6) is 11.5 Å². The number of carbonyl (C=O) groups excluding carboxylic acids is 1. The van der Waals surface area contributed by atoms with Gasteiger partial charge in [-0.1, -0.05) is 12.1 Å². The number of carbonyl (C=O) groups is 1. The van der Waals surface area contributed by atoms with Gasteiger partial charge in [0.05, 0.1) is 9.13 Å². The van der Waals surface area contributed by atoms with Gasteiger partial charge in [0, 0.05) is 23.3 Å². The largest absolute Gasteiger partial charge is 0.507 e. The number of halogens is 5. The van der Waals surface area contributed by atoms with Crippen molar-refractivity contribution in [2.24, 2.45) is 5.73 Å². The maximum atomic E-state index is 13.6. The molecule has 0 spiro atoms. The molecule has 0 saturated carbocycles. The van der Waals surface area contributed by atoms with Gasteiger partial charge in [-0.05, 0) is 82.2 Å². The fourth-order valence-corrected chi connectivity index (χ4v) is 3.54. The highest BCUT2D eigenvalue weighted by Gasteiger charge is 2.12. The minimum atomic E-state index is -0.822. The maximum Gasteiger partial charge on any atom is 0.252 e. The van der Waals surface area contributed by atoms with Gasteiger partial charge in [0.1, 0.15) is 34.8 Å². The van der Waals surface area contributed by atoms with Gasteiger partial charge in [-0.25, -0.2) is 17.6 Å². The van der Waals surface area contributed by atoms with Gasteiger partial charge in [-0.2, -0.15) is 0 Å². The van der Waals surface area contributed by atoms with Crippen molar-refractivity contribution >= 4 is 28.5 Å². The van der Waals surface area contributed by atoms with Crippen LogP contribution in [0.25, 0.3) is 22.3 Å². The van der Waals surface area contributed by atoms with Crippen LogP contribution in [0.15, 0.2) is 72.8 Å². The average molecular weight is 581 g/mol. The van der Waals surface area contributed by atoms with E-state index < -0.39 is 29.2 Å². The van der Waals surface area contributed by atoms with Gasteiger partial charge in [-0.3, -0.25) is 4.79 Å². The van der Waals surface area contributed by atoms with E-state index in [0.29, 0.717) is 20.3 Å². The maximum absolute atomic E-state index is 13.6. The van der Waals surface area contributed by atoms with Crippen LogP contribution in [0.3, 0.4) is 0 Å². The zero-order valence-electron chi connectivity index (χ0n) is 17.2. The summed E-state index contributed by atoms with van der Waals surface area (Å²) in [5.74, 6) is -3.62. The van der Waals surface area contributed by atoms with E-state index in [2.05, 4.69) is 0 Å². The number of phenolic OH excluding ortho intramolecular Hbond substituents is 1. The molecule has 4 nitrogen and oxygen atoms in total. The summed E-state index contributed by atoms with van der Waals surface area (Å²) in [6, 6.07) is 15.2. The second-order valence-electron chi connectivity index (χ2n) is 7.01. The third-order valence-corrected chi connectivity index (χ3v) is 5.56. The van der Waals surface area contributed by atoms with Crippen molar-refractivity contribution in [2.45, 2.75) is 0 Å². The molecule has 0 fully saturated rings. The van der Waals surface area contributed by atoms with Gasteiger partial charge in [0.15, 0.2) is 0 Å². The molecule has 4 N–H and O–H groups in total. The Morgan fingerprint density at radius 1 is 0.676 bits per heavy atom. The number of phenols is 2. The first-order valence-electron chi connectivity index (χ1n) is 9.59. The van der Waals surface area contributed by atoms with E-state index in [-0.39, 0.29) is 22.6 Å². The summed E-state index contributed by atoms with van der Waals surface area (Å²) in [5, 5.41) is 18.8. The predicted octanol–water partition coefficient (Wildman–Crippen LogP) is 6.38. The Balaban J connectivity index is 0.000000192. The molecule has 0 unspecified atom stereocenters. The number of hydrogen-bond donors (Lipinski definition) is 3. The fourth-order valence-electron chi connectivity index (χ4n) is 3.02. The normalized spacial score (nSPS) is 10.4. The number of nitrogens with two attached hydrogens (primary N) is 1. The standard InChI is InChI=1S/C13H9F2NO2.C12H7F2IO/c14-8-2-3-9(11(15)6-8)7-1-4-12(17)10(5-7)13(16)18;13-8-2-3-9(10(14)6-8)7-1-4-12(16)11(15)5-7/h1-6,17H,(H2,16,18);1-6,16H. The van der Waals surface area contributed by atoms with E-state index in [0.717, 1.165) is 18.2 Å². The highest BCUT2D eigenvalue weighted by atomic mass is 127.